The van der Waals surface area contributed by atoms with E-state index in [1.54, 1.807) is 24.3 Å². The van der Waals surface area contributed by atoms with Crippen LogP contribution in [-0.4, -0.2) is 59.7 Å². The number of piperidine rings is 1. The van der Waals surface area contributed by atoms with Gasteiger partial charge in [0.2, 0.25) is 5.91 Å². The van der Waals surface area contributed by atoms with Crippen LogP contribution in [0.15, 0.2) is 60.7 Å². The Balaban J connectivity index is 1.41. The molecule has 0 aliphatic carbocycles. The summed E-state index contributed by atoms with van der Waals surface area (Å²) in [6.45, 7) is 4.53. The van der Waals surface area contributed by atoms with Crippen LogP contribution in [0.25, 0.3) is 22.4 Å². The van der Waals surface area contributed by atoms with Gasteiger partial charge in [-0.25, -0.2) is 4.98 Å². The molecule has 1 aromatic heterocycles. The Kier molecular flexibility index (Phi) is 7.67. The zero-order chi connectivity index (χ0) is 25.6. The molecule has 2 aliphatic rings. The molecule has 2 aromatic carbocycles. The number of carbonyl (C=O) groups excluding carboxylic acids is 1. The Hall–Kier alpha value is -3.89. The third kappa shape index (κ3) is 5.76. The molecule has 2 aliphatic heterocycles. The highest BCUT2D eigenvalue weighted by Gasteiger charge is 2.32. The van der Waals surface area contributed by atoms with Crippen molar-refractivity contribution in [3.05, 3.63) is 66.2 Å². The Bertz CT molecular complexity index is 1280. The van der Waals surface area contributed by atoms with Gasteiger partial charge in [0.05, 0.1) is 17.3 Å². The number of likely N-dealkylation sites (tertiary alicyclic amines) is 1. The number of pyridine rings is 1. The molecule has 0 bridgehead atoms. The number of nitrogens with zero attached hydrogens (tertiary/aromatic N) is 4. The summed E-state index contributed by atoms with van der Waals surface area (Å²) in [6, 6.07) is 20.4. The van der Waals surface area contributed by atoms with Crippen molar-refractivity contribution in [2.75, 3.05) is 37.6 Å². The first-order valence-corrected chi connectivity index (χ1v) is 13.2. The van der Waals surface area contributed by atoms with Crippen LogP contribution in [-0.2, 0) is 4.79 Å². The van der Waals surface area contributed by atoms with Gasteiger partial charge in [-0.2, -0.15) is 5.26 Å². The third-order valence-electron chi connectivity index (χ3n) is 7.36. The average molecular weight is 496 g/mol. The van der Waals surface area contributed by atoms with Crippen molar-refractivity contribution in [1.29, 1.82) is 5.26 Å². The van der Waals surface area contributed by atoms with Gasteiger partial charge < -0.3 is 20.2 Å². The molecule has 0 spiro atoms. The fraction of sp³-hybridized carbons (Fsp3) is 0.367. The SMILES string of the molecule is N#Cc1ccc(-c2cc(-c3ccccc3O)nc(N3CCC[C@H]3C(=O)NCCN3CCCCC3)c2)cc1. The van der Waals surface area contributed by atoms with Crippen LogP contribution in [0.1, 0.15) is 37.7 Å². The van der Waals surface area contributed by atoms with Gasteiger partial charge in [0.25, 0.3) is 0 Å². The zero-order valence-electron chi connectivity index (χ0n) is 21.1. The Morgan fingerprint density at radius 1 is 1.00 bits per heavy atom. The topological polar surface area (TPSA) is 92.5 Å². The molecule has 0 unspecified atom stereocenters. The molecule has 1 atom stereocenters. The van der Waals surface area contributed by atoms with Crippen LogP contribution in [0.5, 0.6) is 5.75 Å². The smallest absolute Gasteiger partial charge is 0.242 e. The van der Waals surface area contributed by atoms with E-state index in [4.69, 9.17) is 4.98 Å². The maximum Gasteiger partial charge on any atom is 0.242 e. The first-order chi connectivity index (χ1) is 18.1. The number of amides is 1. The number of rotatable bonds is 7. The summed E-state index contributed by atoms with van der Waals surface area (Å²) in [5.41, 5.74) is 3.75. The quantitative estimate of drug-likeness (QED) is 0.499. The molecule has 190 valence electrons. The van der Waals surface area contributed by atoms with Gasteiger partial charge in [-0.3, -0.25) is 4.79 Å². The van der Waals surface area contributed by atoms with Crippen molar-refractivity contribution >= 4 is 11.7 Å². The minimum absolute atomic E-state index is 0.0455. The Morgan fingerprint density at radius 2 is 1.78 bits per heavy atom. The summed E-state index contributed by atoms with van der Waals surface area (Å²) in [5.74, 6) is 0.921. The van der Waals surface area contributed by atoms with Crippen molar-refractivity contribution in [2.45, 2.75) is 38.1 Å². The van der Waals surface area contributed by atoms with E-state index in [0.717, 1.165) is 50.1 Å². The predicted octanol–water partition coefficient (Wildman–Crippen LogP) is 4.56. The standard InChI is InChI=1S/C30H33N5O2/c31-21-22-10-12-23(13-11-22)24-19-26(25-7-2-3-9-28(25)36)33-29(20-24)35-17-6-8-27(35)30(37)32-14-18-34-15-4-1-5-16-34/h2-3,7,9-13,19-20,27,36H,1,4-6,8,14-18H2,(H,32,37)/t27-/m0/s1. The maximum absolute atomic E-state index is 13.2. The van der Waals surface area contributed by atoms with E-state index in [2.05, 4.69) is 21.2 Å². The number of aromatic nitrogens is 1. The normalized spacial score (nSPS) is 17.9. The van der Waals surface area contributed by atoms with Crippen molar-refractivity contribution in [3.63, 3.8) is 0 Å². The largest absolute Gasteiger partial charge is 0.507 e. The van der Waals surface area contributed by atoms with E-state index in [-0.39, 0.29) is 17.7 Å². The maximum atomic E-state index is 13.2. The molecule has 2 fully saturated rings. The summed E-state index contributed by atoms with van der Waals surface area (Å²) >= 11 is 0. The van der Waals surface area contributed by atoms with Crippen molar-refractivity contribution in [2.24, 2.45) is 0 Å². The second kappa shape index (κ2) is 11.4. The number of nitrogens with one attached hydrogen (secondary N) is 1. The monoisotopic (exact) mass is 495 g/mol. The highest BCUT2D eigenvalue weighted by molar-refractivity contribution is 5.86. The summed E-state index contributed by atoms with van der Waals surface area (Å²) in [5, 5.41) is 22.9. The van der Waals surface area contributed by atoms with E-state index in [9.17, 15) is 15.2 Å². The van der Waals surface area contributed by atoms with Crippen LogP contribution >= 0.6 is 0 Å². The number of phenolic OH excluding ortho intramolecular Hbond substituents is 1. The van der Waals surface area contributed by atoms with Gasteiger partial charge in [0.15, 0.2) is 0 Å². The Labute approximate surface area is 218 Å². The number of anilines is 1. The molecule has 2 N–H and O–H groups in total. The average Bonchev–Trinajstić information content (AvgIpc) is 3.44. The molecule has 0 saturated carbocycles. The van der Waals surface area contributed by atoms with Crippen LogP contribution in [0.4, 0.5) is 5.82 Å². The number of hydrogen-bond donors (Lipinski definition) is 2. The van der Waals surface area contributed by atoms with Gasteiger partial charge in [0, 0.05) is 25.2 Å². The number of benzene rings is 2. The van der Waals surface area contributed by atoms with E-state index in [1.807, 2.05) is 36.4 Å². The number of carbonyl (C=O) groups is 1. The van der Waals surface area contributed by atoms with Gasteiger partial charge in [-0.15, -0.1) is 0 Å². The minimum Gasteiger partial charge on any atom is -0.507 e. The molecule has 37 heavy (non-hydrogen) atoms. The molecule has 0 radical (unpaired) electrons. The second-order valence-electron chi connectivity index (χ2n) is 9.85. The molecule has 1 amide bonds. The van der Waals surface area contributed by atoms with Gasteiger partial charge >= 0.3 is 0 Å². The minimum atomic E-state index is -0.276. The molecule has 3 heterocycles. The highest BCUT2D eigenvalue weighted by Crippen LogP contribution is 2.35. The van der Waals surface area contributed by atoms with Crippen molar-refractivity contribution < 1.29 is 9.90 Å². The third-order valence-corrected chi connectivity index (χ3v) is 7.36. The van der Waals surface area contributed by atoms with Crippen molar-refractivity contribution in [1.82, 2.24) is 15.2 Å². The molecular formula is C30H33N5O2. The first-order valence-electron chi connectivity index (χ1n) is 13.2. The fourth-order valence-electron chi connectivity index (χ4n) is 5.35. The summed E-state index contributed by atoms with van der Waals surface area (Å²) in [4.78, 5) is 22.7. The summed E-state index contributed by atoms with van der Waals surface area (Å²) in [7, 11) is 0. The number of phenols is 1. The lowest BCUT2D eigenvalue weighted by Crippen LogP contribution is -2.46. The predicted molar refractivity (Wildman–Crippen MR) is 145 cm³/mol. The summed E-state index contributed by atoms with van der Waals surface area (Å²) in [6.07, 6.45) is 5.48. The lowest BCUT2D eigenvalue weighted by atomic mass is 10.0. The lowest BCUT2D eigenvalue weighted by molar-refractivity contribution is -0.122. The highest BCUT2D eigenvalue weighted by atomic mass is 16.3. The van der Waals surface area contributed by atoms with Gasteiger partial charge in [-0.05, 0) is 86.3 Å². The van der Waals surface area contributed by atoms with Crippen molar-refractivity contribution in [3.8, 4) is 34.2 Å². The molecule has 7 nitrogen and oxygen atoms in total. The van der Waals surface area contributed by atoms with E-state index in [1.165, 1.54) is 19.3 Å². The first kappa shape index (κ1) is 24.8. The number of nitriles is 1. The Morgan fingerprint density at radius 3 is 2.54 bits per heavy atom. The van der Waals surface area contributed by atoms with Crippen LogP contribution in [0.3, 0.4) is 0 Å². The molecular weight excluding hydrogens is 462 g/mol. The molecule has 7 heteroatoms. The van der Waals surface area contributed by atoms with Gasteiger partial charge in [-0.1, -0.05) is 30.7 Å². The number of hydrogen-bond acceptors (Lipinski definition) is 6. The molecule has 3 aromatic rings. The van der Waals surface area contributed by atoms with E-state index in [0.29, 0.717) is 29.2 Å². The zero-order valence-corrected chi connectivity index (χ0v) is 21.1. The number of para-hydroxylation sites is 1. The lowest BCUT2D eigenvalue weighted by Gasteiger charge is -2.28. The molecule has 2 saturated heterocycles. The number of aromatic hydroxyl groups is 1. The van der Waals surface area contributed by atoms with Crippen LogP contribution in [0.2, 0.25) is 0 Å². The van der Waals surface area contributed by atoms with Gasteiger partial charge in [0.1, 0.15) is 17.6 Å². The summed E-state index contributed by atoms with van der Waals surface area (Å²) < 4.78 is 0. The van der Waals surface area contributed by atoms with Crippen LogP contribution in [0, 0.1) is 11.3 Å². The van der Waals surface area contributed by atoms with E-state index >= 15 is 0 Å². The van der Waals surface area contributed by atoms with E-state index < -0.39 is 0 Å². The fourth-order valence-corrected chi connectivity index (χ4v) is 5.35. The molecule has 5 rings (SSSR count). The second-order valence-corrected chi connectivity index (χ2v) is 9.85. The van der Waals surface area contributed by atoms with Crippen LogP contribution < -0.4 is 10.2 Å².